The molecule has 0 fully saturated rings. The molecular formula is C22H31NO2. The van der Waals surface area contributed by atoms with Gasteiger partial charge in [-0.3, -0.25) is 9.59 Å². The first-order valence-corrected chi connectivity index (χ1v) is 9.88. The van der Waals surface area contributed by atoms with Crippen LogP contribution in [0.5, 0.6) is 0 Å². The SMILES string of the molecule is CCCCCCCCCCCCc1ccccc1N1C(=O)C=CC1=O. The van der Waals surface area contributed by atoms with Crippen molar-refractivity contribution in [2.75, 3.05) is 4.90 Å². The van der Waals surface area contributed by atoms with Crippen LogP contribution in [-0.2, 0) is 16.0 Å². The molecule has 0 bridgehead atoms. The van der Waals surface area contributed by atoms with E-state index in [0.717, 1.165) is 24.1 Å². The van der Waals surface area contributed by atoms with Crippen molar-refractivity contribution in [1.82, 2.24) is 0 Å². The van der Waals surface area contributed by atoms with E-state index in [1.54, 1.807) is 0 Å². The first kappa shape index (κ1) is 19.4. The first-order valence-electron chi connectivity index (χ1n) is 9.88. The summed E-state index contributed by atoms with van der Waals surface area (Å²) in [6.45, 7) is 2.25. The minimum Gasteiger partial charge on any atom is -0.269 e. The van der Waals surface area contributed by atoms with Gasteiger partial charge in [-0.1, -0.05) is 82.9 Å². The minimum atomic E-state index is -0.236. The highest BCUT2D eigenvalue weighted by atomic mass is 16.2. The number of nitrogens with zero attached hydrogens (tertiary/aromatic N) is 1. The van der Waals surface area contributed by atoms with Gasteiger partial charge in [0.25, 0.3) is 11.8 Å². The summed E-state index contributed by atoms with van der Waals surface area (Å²) in [6, 6.07) is 7.76. The Hall–Kier alpha value is -1.90. The lowest BCUT2D eigenvalue weighted by atomic mass is 10.0. The van der Waals surface area contributed by atoms with Gasteiger partial charge in [-0.2, -0.15) is 0 Å². The van der Waals surface area contributed by atoms with Crippen LogP contribution in [-0.4, -0.2) is 11.8 Å². The Kier molecular flexibility index (Phi) is 8.44. The second-order valence-electron chi connectivity index (χ2n) is 6.91. The van der Waals surface area contributed by atoms with Crippen LogP contribution >= 0.6 is 0 Å². The van der Waals surface area contributed by atoms with Crippen molar-refractivity contribution in [1.29, 1.82) is 0 Å². The number of amides is 2. The van der Waals surface area contributed by atoms with Crippen molar-refractivity contribution in [3.63, 3.8) is 0 Å². The van der Waals surface area contributed by atoms with Crippen molar-refractivity contribution >= 4 is 17.5 Å². The van der Waals surface area contributed by atoms with Crippen LogP contribution in [0.2, 0.25) is 0 Å². The molecule has 0 saturated heterocycles. The lowest BCUT2D eigenvalue weighted by Gasteiger charge is -2.18. The van der Waals surface area contributed by atoms with Gasteiger partial charge in [0.1, 0.15) is 0 Å². The molecule has 2 rings (SSSR count). The summed E-state index contributed by atoms with van der Waals surface area (Å²) in [7, 11) is 0. The van der Waals surface area contributed by atoms with Gasteiger partial charge in [0.15, 0.2) is 0 Å². The smallest absolute Gasteiger partial charge is 0.258 e. The van der Waals surface area contributed by atoms with E-state index in [0.29, 0.717) is 0 Å². The van der Waals surface area contributed by atoms with Crippen molar-refractivity contribution in [2.45, 2.75) is 77.6 Å². The molecule has 1 aliphatic heterocycles. The summed E-state index contributed by atoms with van der Waals surface area (Å²) < 4.78 is 0. The zero-order valence-electron chi connectivity index (χ0n) is 15.5. The summed E-state index contributed by atoms with van der Waals surface area (Å²) in [4.78, 5) is 25.1. The standard InChI is InChI=1S/C22H31NO2/c1-2-3-4-5-6-7-8-9-10-11-14-19-15-12-13-16-20(19)23-21(24)17-18-22(23)25/h12-13,15-18H,2-11,14H2,1H3. The molecule has 1 aromatic rings. The molecule has 0 aromatic heterocycles. The Morgan fingerprint density at radius 1 is 0.720 bits per heavy atom. The normalized spacial score (nSPS) is 13.9. The minimum absolute atomic E-state index is 0.236. The van der Waals surface area contributed by atoms with E-state index in [-0.39, 0.29) is 11.8 Å². The molecule has 2 amide bonds. The average molecular weight is 341 g/mol. The Labute approximate surface area is 152 Å². The van der Waals surface area contributed by atoms with Gasteiger partial charge < -0.3 is 0 Å². The molecular weight excluding hydrogens is 310 g/mol. The molecule has 0 aliphatic carbocycles. The second-order valence-corrected chi connectivity index (χ2v) is 6.91. The molecule has 0 N–H and O–H groups in total. The zero-order valence-corrected chi connectivity index (χ0v) is 15.5. The Morgan fingerprint density at radius 3 is 1.84 bits per heavy atom. The molecule has 0 saturated carbocycles. The Morgan fingerprint density at radius 2 is 1.24 bits per heavy atom. The maximum absolute atomic E-state index is 11.9. The number of carbonyl (C=O) groups excluding carboxylic acids is 2. The number of hydrogen-bond donors (Lipinski definition) is 0. The maximum atomic E-state index is 11.9. The highest BCUT2D eigenvalue weighted by Gasteiger charge is 2.26. The van der Waals surface area contributed by atoms with E-state index in [2.05, 4.69) is 6.92 Å². The monoisotopic (exact) mass is 341 g/mol. The van der Waals surface area contributed by atoms with E-state index in [4.69, 9.17) is 0 Å². The van der Waals surface area contributed by atoms with Crippen molar-refractivity contribution in [3.8, 4) is 0 Å². The quantitative estimate of drug-likeness (QED) is 0.368. The third-order valence-corrected chi connectivity index (χ3v) is 4.84. The molecule has 1 aromatic carbocycles. The third kappa shape index (κ3) is 6.15. The van der Waals surface area contributed by atoms with E-state index in [1.807, 2.05) is 24.3 Å². The van der Waals surface area contributed by atoms with Crippen LogP contribution in [0.25, 0.3) is 0 Å². The molecule has 0 spiro atoms. The number of rotatable bonds is 12. The van der Waals surface area contributed by atoms with E-state index in [1.165, 1.54) is 74.8 Å². The number of benzene rings is 1. The fraction of sp³-hybridized carbons (Fsp3) is 0.545. The van der Waals surface area contributed by atoms with Gasteiger partial charge in [-0.05, 0) is 24.5 Å². The van der Waals surface area contributed by atoms with Crippen LogP contribution in [0, 0.1) is 0 Å². The molecule has 25 heavy (non-hydrogen) atoms. The van der Waals surface area contributed by atoms with Gasteiger partial charge in [-0.15, -0.1) is 0 Å². The van der Waals surface area contributed by atoms with Gasteiger partial charge >= 0.3 is 0 Å². The fourth-order valence-electron chi connectivity index (χ4n) is 3.38. The van der Waals surface area contributed by atoms with Crippen LogP contribution < -0.4 is 4.90 Å². The number of aryl methyl sites for hydroxylation is 1. The van der Waals surface area contributed by atoms with Gasteiger partial charge in [0.2, 0.25) is 0 Å². The van der Waals surface area contributed by atoms with Gasteiger partial charge in [-0.25, -0.2) is 4.90 Å². The summed E-state index contributed by atoms with van der Waals surface area (Å²) >= 11 is 0. The number of imide groups is 1. The number of unbranched alkanes of at least 4 members (excludes halogenated alkanes) is 9. The van der Waals surface area contributed by atoms with Crippen LogP contribution in [0.15, 0.2) is 36.4 Å². The molecule has 3 nitrogen and oxygen atoms in total. The summed E-state index contributed by atoms with van der Waals surface area (Å²) in [5.74, 6) is -0.471. The molecule has 0 unspecified atom stereocenters. The fourth-order valence-corrected chi connectivity index (χ4v) is 3.38. The lowest BCUT2D eigenvalue weighted by molar-refractivity contribution is -0.119. The summed E-state index contributed by atoms with van der Waals surface area (Å²) in [5.41, 5.74) is 1.84. The number of hydrogen-bond acceptors (Lipinski definition) is 2. The molecule has 0 radical (unpaired) electrons. The number of anilines is 1. The van der Waals surface area contributed by atoms with E-state index >= 15 is 0 Å². The number of carbonyl (C=O) groups is 2. The highest BCUT2D eigenvalue weighted by Crippen LogP contribution is 2.25. The summed E-state index contributed by atoms with van der Waals surface area (Å²) in [6.07, 6.45) is 16.7. The van der Waals surface area contributed by atoms with Gasteiger partial charge in [0.05, 0.1) is 5.69 Å². The third-order valence-electron chi connectivity index (χ3n) is 4.84. The van der Waals surface area contributed by atoms with Crippen LogP contribution in [0.4, 0.5) is 5.69 Å². The zero-order chi connectivity index (χ0) is 17.9. The van der Waals surface area contributed by atoms with Gasteiger partial charge in [0, 0.05) is 12.2 Å². The molecule has 136 valence electrons. The molecule has 3 heteroatoms. The van der Waals surface area contributed by atoms with Crippen molar-refractivity contribution in [3.05, 3.63) is 42.0 Å². The second kappa shape index (κ2) is 10.9. The molecule has 1 aliphatic rings. The first-order chi connectivity index (χ1) is 12.2. The predicted octanol–water partition coefficient (Wildman–Crippen LogP) is 5.58. The van der Waals surface area contributed by atoms with E-state index < -0.39 is 0 Å². The topological polar surface area (TPSA) is 37.4 Å². The van der Waals surface area contributed by atoms with E-state index in [9.17, 15) is 9.59 Å². The Balaban J connectivity index is 1.68. The summed E-state index contributed by atoms with van der Waals surface area (Å²) in [5, 5.41) is 0. The van der Waals surface area contributed by atoms with Crippen LogP contribution in [0.3, 0.4) is 0 Å². The van der Waals surface area contributed by atoms with Crippen molar-refractivity contribution < 1.29 is 9.59 Å². The predicted molar refractivity (Wildman–Crippen MR) is 104 cm³/mol. The molecule has 0 atom stereocenters. The highest BCUT2D eigenvalue weighted by molar-refractivity contribution is 6.28. The van der Waals surface area contributed by atoms with Crippen molar-refractivity contribution in [2.24, 2.45) is 0 Å². The largest absolute Gasteiger partial charge is 0.269 e. The lowest BCUT2D eigenvalue weighted by Crippen LogP contribution is -2.30. The maximum Gasteiger partial charge on any atom is 0.258 e. The molecule has 1 heterocycles. The average Bonchev–Trinajstić information content (AvgIpc) is 2.95. The van der Waals surface area contributed by atoms with Crippen LogP contribution in [0.1, 0.15) is 76.7 Å². The Bertz CT molecular complexity index is 573. The number of para-hydroxylation sites is 1.